The number of anilines is 1. The predicted molar refractivity (Wildman–Crippen MR) is 143 cm³/mol. The zero-order valence-electron chi connectivity index (χ0n) is 22.5. The molecule has 3 rings (SSSR count). The van der Waals surface area contributed by atoms with Gasteiger partial charge in [0.25, 0.3) is 0 Å². The molecule has 10 heteroatoms. The number of nitrogens with zero attached hydrogens (tertiary/aromatic N) is 3. The number of ether oxygens (including phenoxy) is 1. The quantitative estimate of drug-likeness (QED) is 0.545. The highest BCUT2D eigenvalue weighted by molar-refractivity contribution is 5.99. The summed E-state index contributed by atoms with van der Waals surface area (Å²) in [5.41, 5.74) is 0.915. The second kappa shape index (κ2) is 12.1. The van der Waals surface area contributed by atoms with Crippen LogP contribution in [0.1, 0.15) is 26.3 Å². The Balaban J connectivity index is 1.80. The van der Waals surface area contributed by atoms with Crippen LogP contribution in [0.5, 0.6) is 5.75 Å². The number of nitrogens with one attached hydrogen (secondary N) is 1. The third-order valence-electron chi connectivity index (χ3n) is 6.58. The molecule has 2 aromatic carbocycles. The molecule has 1 heterocycles. The van der Waals surface area contributed by atoms with Gasteiger partial charge in [0.05, 0.1) is 19.7 Å². The summed E-state index contributed by atoms with van der Waals surface area (Å²) in [6.45, 7) is 5.54. The normalized spacial score (nSPS) is 17.0. The van der Waals surface area contributed by atoms with Gasteiger partial charge in [-0.3, -0.25) is 19.3 Å². The van der Waals surface area contributed by atoms with Crippen molar-refractivity contribution in [3.63, 3.8) is 0 Å². The summed E-state index contributed by atoms with van der Waals surface area (Å²) in [5, 5.41) is 12.3. The van der Waals surface area contributed by atoms with Crippen molar-refractivity contribution in [2.45, 2.75) is 39.3 Å². The van der Waals surface area contributed by atoms with Crippen LogP contribution in [-0.2, 0) is 20.8 Å². The zero-order chi connectivity index (χ0) is 28.0. The third-order valence-corrected chi connectivity index (χ3v) is 6.58. The number of carbonyl (C=O) groups is 4. The lowest BCUT2D eigenvalue weighted by Crippen LogP contribution is -2.64. The number of benzene rings is 2. The highest BCUT2D eigenvalue weighted by Gasteiger charge is 2.44. The van der Waals surface area contributed by atoms with E-state index >= 15 is 0 Å². The topological polar surface area (TPSA) is 119 Å². The van der Waals surface area contributed by atoms with Crippen molar-refractivity contribution in [3.8, 4) is 5.75 Å². The molecule has 1 saturated heterocycles. The number of rotatable bonds is 8. The molecule has 1 fully saturated rings. The van der Waals surface area contributed by atoms with Crippen LogP contribution in [0.15, 0.2) is 54.6 Å². The van der Waals surface area contributed by atoms with Crippen molar-refractivity contribution >= 4 is 29.5 Å². The number of amides is 4. The smallest absolute Gasteiger partial charge is 0.414 e. The van der Waals surface area contributed by atoms with Crippen molar-refractivity contribution in [3.05, 3.63) is 60.2 Å². The van der Waals surface area contributed by atoms with Crippen molar-refractivity contribution < 1.29 is 29.0 Å². The molecule has 1 aliphatic heterocycles. The zero-order valence-corrected chi connectivity index (χ0v) is 22.5. The van der Waals surface area contributed by atoms with E-state index in [0.717, 1.165) is 10.5 Å². The Labute approximate surface area is 223 Å². The van der Waals surface area contributed by atoms with Gasteiger partial charge in [0.2, 0.25) is 17.7 Å². The van der Waals surface area contributed by atoms with Gasteiger partial charge in [-0.25, -0.2) is 9.69 Å². The Morgan fingerprint density at radius 1 is 1.08 bits per heavy atom. The highest BCUT2D eigenvalue weighted by atomic mass is 16.5. The Morgan fingerprint density at radius 3 is 2.26 bits per heavy atom. The van der Waals surface area contributed by atoms with E-state index in [1.54, 1.807) is 43.3 Å². The van der Waals surface area contributed by atoms with E-state index in [0.29, 0.717) is 11.4 Å². The molecule has 2 aromatic rings. The summed E-state index contributed by atoms with van der Waals surface area (Å²) in [6, 6.07) is 14.8. The molecule has 2 unspecified atom stereocenters. The van der Waals surface area contributed by atoms with E-state index < -0.39 is 35.4 Å². The summed E-state index contributed by atoms with van der Waals surface area (Å²) >= 11 is 0. The average molecular weight is 525 g/mol. The van der Waals surface area contributed by atoms with Gasteiger partial charge in [-0.15, -0.1) is 0 Å². The molecule has 2 N–H and O–H groups in total. The lowest BCUT2D eigenvalue weighted by molar-refractivity contribution is -0.145. The first-order valence-corrected chi connectivity index (χ1v) is 12.5. The number of hydrogen-bond donors (Lipinski definition) is 2. The number of carbonyl (C=O) groups excluding carboxylic acids is 3. The molecule has 0 spiro atoms. The van der Waals surface area contributed by atoms with Gasteiger partial charge in [0.1, 0.15) is 11.8 Å². The number of imide groups is 1. The molecule has 204 valence electrons. The summed E-state index contributed by atoms with van der Waals surface area (Å²) in [7, 11) is 3.21. The molecule has 4 amide bonds. The van der Waals surface area contributed by atoms with Gasteiger partial charge in [-0.05, 0) is 35.2 Å². The Kier molecular flexibility index (Phi) is 9.11. The summed E-state index contributed by atoms with van der Waals surface area (Å²) in [4.78, 5) is 55.3. The van der Waals surface area contributed by atoms with Crippen LogP contribution in [0, 0.1) is 5.41 Å². The maximum atomic E-state index is 13.6. The van der Waals surface area contributed by atoms with Gasteiger partial charge in [0, 0.05) is 32.2 Å². The minimum Gasteiger partial charge on any atom is -0.497 e. The largest absolute Gasteiger partial charge is 0.497 e. The first kappa shape index (κ1) is 28.6. The van der Waals surface area contributed by atoms with Crippen LogP contribution in [0.25, 0.3) is 0 Å². The van der Waals surface area contributed by atoms with E-state index in [-0.39, 0.29) is 32.0 Å². The van der Waals surface area contributed by atoms with E-state index in [1.165, 1.54) is 4.90 Å². The molecule has 0 saturated carbocycles. The fourth-order valence-corrected chi connectivity index (χ4v) is 4.69. The summed E-state index contributed by atoms with van der Waals surface area (Å²) in [6.07, 6.45) is -1.02. The standard InChI is InChI=1S/C28H36N4O6/c1-28(2,3)24-26(35)32(27(36)37)16-15-31(24)18-23(33)29-22(17-19-9-7-6-8-10-19)25(34)30(4)20-11-13-21(38-5)14-12-20/h6-14,22,24H,15-18H2,1-5H3,(H,29,33)(H,36,37). The van der Waals surface area contributed by atoms with Gasteiger partial charge >= 0.3 is 6.09 Å². The molecule has 2 atom stereocenters. The van der Waals surface area contributed by atoms with Crippen molar-refractivity contribution in [1.82, 2.24) is 15.1 Å². The first-order valence-electron chi connectivity index (χ1n) is 12.5. The molecule has 1 aliphatic rings. The molecular formula is C28H36N4O6. The van der Waals surface area contributed by atoms with Crippen molar-refractivity contribution in [1.29, 1.82) is 0 Å². The predicted octanol–water partition coefficient (Wildman–Crippen LogP) is 2.62. The van der Waals surface area contributed by atoms with E-state index in [2.05, 4.69) is 5.32 Å². The minimum atomic E-state index is -1.30. The lowest BCUT2D eigenvalue weighted by Gasteiger charge is -2.44. The van der Waals surface area contributed by atoms with Crippen LogP contribution in [0.2, 0.25) is 0 Å². The van der Waals surface area contributed by atoms with Crippen LogP contribution in [0.3, 0.4) is 0 Å². The van der Waals surface area contributed by atoms with Gasteiger partial charge in [0.15, 0.2) is 0 Å². The molecular weight excluding hydrogens is 488 g/mol. The van der Waals surface area contributed by atoms with Crippen molar-refractivity contribution in [2.75, 3.05) is 38.7 Å². The monoisotopic (exact) mass is 524 g/mol. The fourth-order valence-electron chi connectivity index (χ4n) is 4.69. The molecule has 0 aromatic heterocycles. The highest BCUT2D eigenvalue weighted by Crippen LogP contribution is 2.29. The second-order valence-electron chi connectivity index (χ2n) is 10.4. The molecule has 0 bridgehead atoms. The van der Waals surface area contributed by atoms with Crippen LogP contribution >= 0.6 is 0 Å². The van der Waals surface area contributed by atoms with E-state index in [1.807, 2.05) is 51.1 Å². The molecule has 10 nitrogen and oxygen atoms in total. The van der Waals surface area contributed by atoms with Crippen LogP contribution < -0.4 is 15.0 Å². The second-order valence-corrected chi connectivity index (χ2v) is 10.4. The molecule has 0 aliphatic carbocycles. The maximum absolute atomic E-state index is 13.6. The molecule has 0 radical (unpaired) electrons. The number of likely N-dealkylation sites (N-methyl/N-ethyl adjacent to an activating group) is 1. The van der Waals surface area contributed by atoms with Gasteiger partial charge in [-0.2, -0.15) is 0 Å². The lowest BCUT2D eigenvalue weighted by atomic mass is 9.83. The van der Waals surface area contributed by atoms with Gasteiger partial charge < -0.3 is 20.1 Å². The summed E-state index contributed by atoms with van der Waals surface area (Å²) < 4.78 is 5.20. The Morgan fingerprint density at radius 2 is 1.71 bits per heavy atom. The summed E-state index contributed by atoms with van der Waals surface area (Å²) in [5.74, 6) is -0.616. The number of piperazine rings is 1. The third kappa shape index (κ3) is 6.89. The molecule has 38 heavy (non-hydrogen) atoms. The van der Waals surface area contributed by atoms with Crippen LogP contribution in [0.4, 0.5) is 10.5 Å². The Bertz CT molecular complexity index is 1150. The average Bonchev–Trinajstić information content (AvgIpc) is 2.87. The van der Waals surface area contributed by atoms with Gasteiger partial charge in [-0.1, -0.05) is 51.1 Å². The minimum absolute atomic E-state index is 0.0272. The van der Waals surface area contributed by atoms with E-state index in [4.69, 9.17) is 4.74 Å². The Hall–Kier alpha value is -3.92. The van der Waals surface area contributed by atoms with Crippen LogP contribution in [-0.4, -0.2) is 84.6 Å². The fraction of sp³-hybridized carbons (Fsp3) is 0.429. The number of methoxy groups -OCH3 is 1. The van der Waals surface area contributed by atoms with E-state index in [9.17, 15) is 24.3 Å². The SMILES string of the molecule is COc1ccc(N(C)C(=O)C(Cc2ccccc2)NC(=O)CN2CCN(C(=O)O)C(=O)C2C(C)(C)C)cc1. The van der Waals surface area contributed by atoms with Crippen molar-refractivity contribution in [2.24, 2.45) is 5.41 Å². The maximum Gasteiger partial charge on any atom is 0.414 e. The number of hydrogen-bond acceptors (Lipinski definition) is 6. The number of carboxylic acid groups (broad SMARTS) is 1. The first-order chi connectivity index (χ1) is 17.9.